The normalized spacial score (nSPS) is 15.7. The second-order valence-electron chi connectivity index (χ2n) is 3.94. The zero-order chi connectivity index (χ0) is 12.6. The fraction of sp³-hybridized carbons (Fsp3) is 1.00. The summed E-state index contributed by atoms with van der Waals surface area (Å²) in [6, 6.07) is 0. The minimum Gasteiger partial charge on any atom is -0.318 e. The van der Waals surface area contributed by atoms with Crippen molar-refractivity contribution >= 4 is 18.0 Å². The molecule has 0 aromatic heterocycles. The van der Waals surface area contributed by atoms with E-state index in [0.717, 1.165) is 25.4 Å². The van der Waals surface area contributed by atoms with Gasteiger partial charge in [-0.3, -0.25) is 4.57 Å². The summed E-state index contributed by atoms with van der Waals surface area (Å²) in [5, 5.41) is 0. The van der Waals surface area contributed by atoms with Crippen LogP contribution < -0.4 is 0 Å². The van der Waals surface area contributed by atoms with Crippen LogP contribution in [0.25, 0.3) is 0 Å². The summed E-state index contributed by atoms with van der Waals surface area (Å²) in [5.41, 5.74) is 0. The summed E-state index contributed by atoms with van der Waals surface area (Å²) in [6.07, 6.45) is 0.667. The highest BCUT2D eigenvalue weighted by Gasteiger charge is 2.22. The van der Waals surface area contributed by atoms with Gasteiger partial charge in [-0.25, -0.2) is 0 Å². The molecule has 0 saturated heterocycles. The van der Waals surface area contributed by atoms with Gasteiger partial charge < -0.3 is 9.42 Å². The summed E-state index contributed by atoms with van der Waals surface area (Å²) in [7, 11) is 0. The third-order valence-corrected chi connectivity index (χ3v) is 7.39. The van der Waals surface area contributed by atoms with Crippen molar-refractivity contribution in [2.45, 2.75) is 40.7 Å². The summed E-state index contributed by atoms with van der Waals surface area (Å²) in [5.74, 6) is 0.888. The van der Waals surface area contributed by atoms with Crippen molar-refractivity contribution < 1.29 is 9.09 Å². The molecular weight excluding hydrogens is 241 g/mol. The van der Waals surface area contributed by atoms with Gasteiger partial charge in [0.2, 0.25) is 0 Å². The molecule has 16 heavy (non-hydrogen) atoms. The lowest BCUT2D eigenvalue weighted by Crippen LogP contribution is -2.25. The van der Waals surface area contributed by atoms with Crippen LogP contribution in [0.5, 0.6) is 0 Å². The van der Waals surface area contributed by atoms with Crippen LogP contribution in [0.3, 0.4) is 0 Å². The van der Waals surface area contributed by atoms with Crippen molar-refractivity contribution in [1.82, 2.24) is 4.90 Å². The Morgan fingerprint density at radius 1 is 1.25 bits per heavy atom. The number of hydrogen-bond acceptors (Lipinski definition) is 4. The van der Waals surface area contributed by atoms with Crippen LogP contribution in [-0.2, 0) is 9.09 Å². The summed E-state index contributed by atoms with van der Waals surface area (Å²) in [4.78, 5) is 2.34. The Balaban J connectivity index is 3.99. The smallest absolute Gasteiger partial charge is 0.257 e. The average Bonchev–Trinajstić information content (AvgIpc) is 2.23. The van der Waals surface area contributed by atoms with Crippen molar-refractivity contribution in [3.8, 4) is 0 Å². The number of rotatable bonds is 9. The molecule has 5 heteroatoms. The predicted octanol–water partition coefficient (Wildman–Crippen LogP) is 3.70. The molecule has 0 saturated carbocycles. The van der Waals surface area contributed by atoms with Crippen molar-refractivity contribution in [1.29, 1.82) is 0 Å². The molecule has 0 amide bonds. The quantitative estimate of drug-likeness (QED) is 0.596. The van der Waals surface area contributed by atoms with Crippen molar-refractivity contribution in [2.24, 2.45) is 0 Å². The third-order valence-electron chi connectivity index (χ3n) is 2.35. The molecule has 0 aliphatic heterocycles. The number of nitrogens with zero attached hydrogens (tertiary/aromatic N) is 1. The maximum absolute atomic E-state index is 12.3. The SMILES string of the molecule is CCN(CC)CCSP(=O)(CC)OC(C)C. The molecule has 0 spiro atoms. The Morgan fingerprint density at radius 2 is 1.81 bits per heavy atom. The minimum atomic E-state index is -2.44. The first kappa shape index (κ1) is 16.5. The fourth-order valence-corrected chi connectivity index (χ4v) is 5.35. The van der Waals surface area contributed by atoms with E-state index >= 15 is 0 Å². The summed E-state index contributed by atoms with van der Waals surface area (Å²) < 4.78 is 17.8. The predicted molar refractivity (Wildman–Crippen MR) is 74.6 cm³/mol. The highest BCUT2D eigenvalue weighted by atomic mass is 32.7. The molecule has 0 rings (SSSR count). The van der Waals surface area contributed by atoms with Gasteiger partial charge in [0, 0.05) is 18.5 Å². The van der Waals surface area contributed by atoms with E-state index in [-0.39, 0.29) is 6.10 Å². The van der Waals surface area contributed by atoms with Crippen LogP contribution in [0.1, 0.15) is 34.6 Å². The van der Waals surface area contributed by atoms with Gasteiger partial charge >= 0.3 is 0 Å². The van der Waals surface area contributed by atoms with Crippen molar-refractivity contribution in [3.05, 3.63) is 0 Å². The molecule has 0 aliphatic carbocycles. The molecule has 0 aliphatic rings. The Bertz CT molecular complexity index is 220. The number of hydrogen-bond donors (Lipinski definition) is 0. The van der Waals surface area contributed by atoms with E-state index in [1.807, 2.05) is 20.8 Å². The molecule has 0 aromatic carbocycles. The lowest BCUT2D eigenvalue weighted by atomic mass is 10.5. The molecule has 0 N–H and O–H groups in total. The van der Waals surface area contributed by atoms with Crippen LogP contribution in [0.2, 0.25) is 0 Å². The Kier molecular flexibility index (Phi) is 8.84. The van der Waals surface area contributed by atoms with Gasteiger partial charge in [0.1, 0.15) is 0 Å². The van der Waals surface area contributed by atoms with E-state index in [4.69, 9.17) is 4.52 Å². The first-order valence-electron chi connectivity index (χ1n) is 6.11. The second kappa shape index (κ2) is 8.57. The third kappa shape index (κ3) is 6.95. The topological polar surface area (TPSA) is 29.5 Å². The molecule has 3 nitrogen and oxygen atoms in total. The zero-order valence-corrected chi connectivity index (χ0v) is 12.9. The minimum absolute atomic E-state index is 0.0479. The van der Waals surface area contributed by atoms with Gasteiger partial charge in [-0.05, 0) is 26.9 Å². The maximum atomic E-state index is 12.3. The average molecular weight is 267 g/mol. The molecule has 0 heterocycles. The first-order chi connectivity index (χ1) is 7.47. The first-order valence-corrected chi connectivity index (χ1v) is 9.51. The van der Waals surface area contributed by atoms with E-state index in [2.05, 4.69) is 18.7 Å². The van der Waals surface area contributed by atoms with E-state index in [9.17, 15) is 4.57 Å². The van der Waals surface area contributed by atoms with Gasteiger partial charge in [-0.2, -0.15) is 0 Å². The van der Waals surface area contributed by atoms with E-state index in [0.29, 0.717) is 6.16 Å². The van der Waals surface area contributed by atoms with Gasteiger partial charge in [0.15, 0.2) is 0 Å². The largest absolute Gasteiger partial charge is 0.318 e. The van der Waals surface area contributed by atoms with Gasteiger partial charge in [-0.15, -0.1) is 0 Å². The highest BCUT2D eigenvalue weighted by molar-refractivity contribution is 8.56. The molecule has 1 atom stereocenters. The van der Waals surface area contributed by atoms with E-state index in [1.165, 1.54) is 11.4 Å². The monoisotopic (exact) mass is 267 g/mol. The van der Waals surface area contributed by atoms with E-state index < -0.39 is 6.57 Å². The van der Waals surface area contributed by atoms with Gasteiger partial charge in [0.25, 0.3) is 6.57 Å². The van der Waals surface area contributed by atoms with Crippen LogP contribution in [0.15, 0.2) is 0 Å². The molecule has 0 radical (unpaired) electrons. The van der Waals surface area contributed by atoms with Gasteiger partial charge in [0.05, 0.1) is 6.10 Å². The molecule has 0 bridgehead atoms. The second-order valence-corrected chi connectivity index (χ2v) is 9.12. The van der Waals surface area contributed by atoms with Crippen molar-refractivity contribution in [3.63, 3.8) is 0 Å². The zero-order valence-electron chi connectivity index (χ0n) is 11.2. The van der Waals surface area contributed by atoms with Crippen LogP contribution in [0.4, 0.5) is 0 Å². The maximum Gasteiger partial charge on any atom is 0.257 e. The Hall–Kier alpha value is 0.500. The molecule has 0 fully saturated rings. The lowest BCUT2D eigenvalue weighted by molar-refractivity contribution is 0.253. The lowest BCUT2D eigenvalue weighted by Gasteiger charge is -2.21. The molecular formula is C11H26NO2PS. The van der Waals surface area contributed by atoms with E-state index in [1.54, 1.807) is 0 Å². The molecule has 0 aromatic rings. The molecule has 1 unspecified atom stereocenters. The van der Waals surface area contributed by atoms with Crippen LogP contribution in [-0.4, -0.2) is 42.6 Å². The summed E-state index contributed by atoms with van der Waals surface area (Å²) in [6.45, 7) is 10.8. The van der Waals surface area contributed by atoms with Crippen molar-refractivity contribution in [2.75, 3.05) is 31.5 Å². The van der Waals surface area contributed by atoms with Crippen LogP contribution in [0, 0.1) is 0 Å². The van der Waals surface area contributed by atoms with Crippen LogP contribution >= 0.6 is 18.0 Å². The molecule has 98 valence electrons. The van der Waals surface area contributed by atoms with Gasteiger partial charge in [-0.1, -0.05) is 32.2 Å². The Morgan fingerprint density at radius 3 is 2.19 bits per heavy atom. The summed E-state index contributed by atoms with van der Waals surface area (Å²) >= 11 is 1.50. The highest BCUT2D eigenvalue weighted by Crippen LogP contribution is 2.59. The fourth-order valence-electron chi connectivity index (χ4n) is 1.37. The standard InChI is InChI=1S/C11H26NO2PS/c1-6-12(7-2)9-10-16-15(13,8-3)14-11(4)5/h11H,6-10H2,1-5H3. The Labute approximate surface area is 105 Å².